The van der Waals surface area contributed by atoms with Crippen LogP contribution >= 0.6 is 22.9 Å². The Kier molecular flexibility index (Phi) is 4.80. The van der Waals surface area contributed by atoms with Crippen LogP contribution in [0, 0.1) is 0 Å². The largest absolute Gasteiger partial charge is 0.461 e. The summed E-state index contributed by atoms with van der Waals surface area (Å²) >= 11 is 7.33. The minimum Gasteiger partial charge on any atom is -0.461 e. The van der Waals surface area contributed by atoms with Crippen molar-refractivity contribution in [1.82, 2.24) is 10.5 Å². The molecule has 0 spiro atoms. The first kappa shape index (κ1) is 15.8. The van der Waals surface area contributed by atoms with Gasteiger partial charge in [-0.3, -0.25) is 4.79 Å². The van der Waals surface area contributed by atoms with Crippen molar-refractivity contribution >= 4 is 28.8 Å². The highest BCUT2D eigenvalue weighted by molar-refractivity contribution is 7.16. The predicted molar refractivity (Wildman–Crippen MR) is 85.6 cm³/mol. The summed E-state index contributed by atoms with van der Waals surface area (Å²) in [5, 5.41) is 6.51. The lowest BCUT2D eigenvalue weighted by atomic mass is 10.2. The lowest BCUT2D eigenvalue weighted by molar-refractivity contribution is 0.0831. The van der Waals surface area contributed by atoms with Crippen molar-refractivity contribution in [2.45, 2.75) is 6.10 Å². The van der Waals surface area contributed by atoms with Gasteiger partial charge in [-0.25, -0.2) is 0 Å². The Morgan fingerprint density at radius 3 is 2.96 bits per heavy atom. The van der Waals surface area contributed by atoms with Gasteiger partial charge in [-0.1, -0.05) is 16.8 Å². The Bertz CT molecular complexity index is 781. The summed E-state index contributed by atoms with van der Waals surface area (Å²) < 4.78 is 16.3. The van der Waals surface area contributed by atoms with E-state index >= 15 is 0 Å². The molecular weight excluding hydrogens is 340 g/mol. The molecule has 3 aromatic rings. The normalized spacial score (nSPS) is 12.3. The van der Waals surface area contributed by atoms with Crippen LogP contribution in [0.5, 0.6) is 0 Å². The van der Waals surface area contributed by atoms with Gasteiger partial charge in [0.25, 0.3) is 5.91 Å². The number of carbonyl (C=O) groups is 1. The molecule has 3 heterocycles. The first-order chi connectivity index (χ1) is 11.2. The average molecular weight is 353 g/mol. The smallest absolute Gasteiger partial charge is 0.273 e. The Morgan fingerprint density at radius 1 is 1.43 bits per heavy atom. The Balaban J connectivity index is 1.63. The van der Waals surface area contributed by atoms with Gasteiger partial charge in [0.15, 0.2) is 11.5 Å². The molecule has 8 heteroatoms. The molecule has 0 saturated carbocycles. The van der Waals surface area contributed by atoms with E-state index in [1.54, 1.807) is 25.3 Å². The summed E-state index contributed by atoms with van der Waals surface area (Å²) in [6, 6.07) is 8.65. The molecule has 0 bridgehead atoms. The number of furan rings is 1. The van der Waals surface area contributed by atoms with Crippen LogP contribution in [0.2, 0.25) is 4.34 Å². The highest BCUT2D eigenvalue weighted by Crippen LogP contribution is 2.28. The molecular formula is C15H13ClN2O4S. The monoisotopic (exact) mass is 352 g/mol. The van der Waals surface area contributed by atoms with Gasteiger partial charge in [0.2, 0.25) is 5.76 Å². The second kappa shape index (κ2) is 6.99. The Morgan fingerprint density at radius 2 is 2.30 bits per heavy atom. The van der Waals surface area contributed by atoms with Crippen LogP contribution < -0.4 is 5.32 Å². The molecule has 0 radical (unpaired) electrons. The van der Waals surface area contributed by atoms with Crippen molar-refractivity contribution in [2.24, 2.45) is 0 Å². The van der Waals surface area contributed by atoms with Crippen molar-refractivity contribution in [1.29, 1.82) is 0 Å². The molecule has 120 valence electrons. The van der Waals surface area contributed by atoms with Crippen LogP contribution in [0.4, 0.5) is 0 Å². The molecule has 0 aromatic carbocycles. The molecule has 1 N–H and O–H groups in total. The van der Waals surface area contributed by atoms with Crippen molar-refractivity contribution in [3.63, 3.8) is 0 Å². The summed E-state index contributed by atoms with van der Waals surface area (Å²) in [7, 11) is 1.58. The first-order valence-corrected chi connectivity index (χ1v) is 7.93. The van der Waals surface area contributed by atoms with E-state index in [0.29, 0.717) is 22.4 Å². The van der Waals surface area contributed by atoms with Gasteiger partial charge in [-0.05, 0) is 24.3 Å². The zero-order chi connectivity index (χ0) is 16.2. The van der Waals surface area contributed by atoms with Crippen LogP contribution in [0.15, 0.2) is 45.5 Å². The molecule has 6 nitrogen and oxygen atoms in total. The third-order valence-electron chi connectivity index (χ3n) is 3.15. The summed E-state index contributed by atoms with van der Waals surface area (Å²) in [5.41, 5.74) is 0.176. The number of ether oxygens (including phenoxy) is 1. The fourth-order valence-electron chi connectivity index (χ4n) is 1.99. The second-order valence-corrected chi connectivity index (χ2v) is 6.38. The number of carbonyl (C=O) groups excluding carboxylic acids is 1. The fourth-order valence-corrected chi connectivity index (χ4v) is 3.13. The Labute approximate surface area is 141 Å². The molecule has 3 rings (SSSR count). The molecule has 0 aliphatic heterocycles. The van der Waals surface area contributed by atoms with Crippen molar-refractivity contribution < 1.29 is 18.5 Å². The third-order valence-corrected chi connectivity index (χ3v) is 4.47. The minimum atomic E-state index is -0.351. The molecule has 0 saturated heterocycles. The minimum absolute atomic E-state index is 0.176. The summed E-state index contributed by atoms with van der Waals surface area (Å²) in [4.78, 5) is 13.1. The SMILES string of the molecule is CO[C@H](CNC(=O)c1cc(-c2ccco2)on1)c1ccc(Cl)s1. The maximum Gasteiger partial charge on any atom is 0.273 e. The summed E-state index contributed by atoms with van der Waals surface area (Å²) in [6.07, 6.45) is 1.25. The van der Waals surface area contributed by atoms with E-state index < -0.39 is 0 Å². The molecule has 23 heavy (non-hydrogen) atoms. The van der Waals surface area contributed by atoms with E-state index in [4.69, 9.17) is 25.3 Å². The number of amides is 1. The molecule has 0 unspecified atom stereocenters. The van der Waals surface area contributed by atoms with Gasteiger partial charge in [-0.15, -0.1) is 11.3 Å². The number of aromatic nitrogens is 1. The Hall–Kier alpha value is -2.09. The number of thiophene rings is 1. The third kappa shape index (κ3) is 3.64. The maximum absolute atomic E-state index is 12.1. The van der Waals surface area contributed by atoms with Crippen LogP contribution in [-0.2, 0) is 4.74 Å². The van der Waals surface area contributed by atoms with Gasteiger partial charge < -0.3 is 19.0 Å². The lowest BCUT2D eigenvalue weighted by Crippen LogP contribution is -2.29. The first-order valence-electron chi connectivity index (χ1n) is 6.74. The van der Waals surface area contributed by atoms with Crippen molar-refractivity contribution in [3.05, 3.63) is 51.5 Å². The predicted octanol–water partition coefficient (Wildman–Crippen LogP) is 3.77. The lowest BCUT2D eigenvalue weighted by Gasteiger charge is -2.13. The molecule has 1 amide bonds. The number of hydrogen-bond donors (Lipinski definition) is 1. The van der Waals surface area contributed by atoms with E-state index in [-0.39, 0.29) is 17.7 Å². The topological polar surface area (TPSA) is 77.5 Å². The molecule has 0 aliphatic carbocycles. The van der Waals surface area contributed by atoms with Gasteiger partial charge in [0, 0.05) is 24.6 Å². The van der Waals surface area contributed by atoms with Crippen LogP contribution in [0.3, 0.4) is 0 Å². The maximum atomic E-state index is 12.1. The molecule has 0 aliphatic rings. The van der Waals surface area contributed by atoms with E-state index in [1.165, 1.54) is 23.7 Å². The number of nitrogens with zero attached hydrogens (tertiary/aromatic N) is 1. The van der Waals surface area contributed by atoms with E-state index in [9.17, 15) is 4.79 Å². The zero-order valence-electron chi connectivity index (χ0n) is 12.1. The molecule has 0 fully saturated rings. The van der Waals surface area contributed by atoms with E-state index in [0.717, 1.165) is 4.88 Å². The van der Waals surface area contributed by atoms with Gasteiger partial charge in [0.1, 0.15) is 6.10 Å². The number of hydrogen-bond acceptors (Lipinski definition) is 6. The van der Waals surface area contributed by atoms with Gasteiger partial charge in [-0.2, -0.15) is 0 Å². The number of rotatable bonds is 6. The van der Waals surface area contributed by atoms with Crippen molar-refractivity contribution in [3.8, 4) is 11.5 Å². The average Bonchev–Trinajstić information content (AvgIpc) is 3.28. The second-order valence-electron chi connectivity index (χ2n) is 4.63. The highest BCUT2D eigenvalue weighted by Gasteiger charge is 2.18. The zero-order valence-corrected chi connectivity index (χ0v) is 13.7. The number of halogens is 1. The molecule has 1 atom stereocenters. The number of methoxy groups -OCH3 is 1. The van der Waals surface area contributed by atoms with E-state index in [1.807, 2.05) is 6.07 Å². The van der Waals surface area contributed by atoms with Crippen LogP contribution in [0.25, 0.3) is 11.5 Å². The number of nitrogens with one attached hydrogen (secondary N) is 1. The van der Waals surface area contributed by atoms with E-state index in [2.05, 4.69) is 10.5 Å². The van der Waals surface area contributed by atoms with Crippen molar-refractivity contribution in [2.75, 3.05) is 13.7 Å². The van der Waals surface area contributed by atoms with Crippen LogP contribution in [-0.4, -0.2) is 24.7 Å². The summed E-state index contributed by atoms with van der Waals surface area (Å²) in [6.45, 7) is 0.301. The standard InChI is InChI=1S/C15H13ClN2O4S/c1-20-12(13-4-5-14(16)23-13)8-17-15(19)9-7-11(22-18-9)10-3-2-6-21-10/h2-7,12H,8H2,1H3,(H,17,19)/t12-/m1/s1. The van der Waals surface area contributed by atoms with Gasteiger partial charge in [0.05, 0.1) is 10.6 Å². The highest BCUT2D eigenvalue weighted by atomic mass is 35.5. The summed E-state index contributed by atoms with van der Waals surface area (Å²) in [5.74, 6) is 0.560. The molecule has 3 aromatic heterocycles. The van der Waals surface area contributed by atoms with Crippen LogP contribution in [0.1, 0.15) is 21.5 Å². The van der Waals surface area contributed by atoms with Gasteiger partial charge >= 0.3 is 0 Å². The fraction of sp³-hybridized carbons (Fsp3) is 0.200. The quantitative estimate of drug-likeness (QED) is 0.730.